The fourth-order valence-electron chi connectivity index (χ4n) is 4.45. The quantitative estimate of drug-likeness (QED) is 0.138. The summed E-state index contributed by atoms with van der Waals surface area (Å²) in [5.41, 5.74) is 13.4. The first-order valence-corrected chi connectivity index (χ1v) is 13.4. The van der Waals surface area contributed by atoms with Crippen molar-refractivity contribution in [1.29, 1.82) is 0 Å². The van der Waals surface area contributed by atoms with Gasteiger partial charge >= 0.3 is 11.9 Å². The van der Waals surface area contributed by atoms with E-state index in [-0.39, 0.29) is 0 Å². The molecule has 0 atom stereocenters. The number of ether oxygens (including phenoxy) is 4. The number of methoxy groups -OCH3 is 1. The molecule has 2 aromatic carbocycles. The van der Waals surface area contributed by atoms with E-state index in [1.807, 2.05) is 18.2 Å². The van der Waals surface area contributed by atoms with Crippen LogP contribution in [0.25, 0.3) is 6.08 Å². The molecule has 1 saturated carbocycles. The maximum atomic E-state index is 12.1. The molecule has 0 amide bonds. The van der Waals surface area contributed by atoms with Crippen molar-refractivity contribution in [3.05, 3.63) is 53.6 Å². The lowest BCUT2D eigenvalue weighted by molar-refractivity contribution is -0.137. The number of nitrogen functional groups attached to an aromatic ring is 2. The lowest BCUT2D eigenvalue weighted by Gasteiger charge is -2.22. The van der Waals surface area contributed by atoms with Gasteiger partial charge in [0.1, 0.15) is 0 Å². The number of unbranched alkanes of at least 4 members (excludes halogenated alkanes) is 3. The van der Waals surface area contributed by atoms with Crippen LogP contribution in [0.15, 0.2) is 42.5 Å². The average Bonchev–Trinajstić information content (AvgIpc) is 2.92. The van der Waals surface area contributed by atoms with E-state index in [2.05, 4.69) is 0 Å². The largest absolute Gasteiger partial charge is 0.493 e. The number of hydrogen-bond donors (Lipinski definition) is 2. The molecule has 0 aromatic heterocycles. The molecule has 0 bridgehead atoms. The molecule has 0 saturated heterocycles. The van der Waals surface area contributed by atoms with E-state index < -0.39 is 11.9 Å². The SMILES string of the molecule is COc1cc(/C=C/C(=O)OCCCCCCOC(=O)c2cc(N)cc(N)c2)ccc1OCC1CCCCC1. The van der Waals surface area contributed by atoms with Crippen LogP contribution < -0.4 is 20.9 Å². The fourth-order valence-corrected chi connectivity index (χ4v) is 4.45. The number of esters is 2. The zero-order valence-electron chi connectivity index (χ0n) is 22.3. The van der Waals surface area contributed by atoms with Crippen LogP contribution in [0.2, 0.25) is 0 Å². The van der Waals surface area contributed by atoms with Crippen molar-refractivity contribution >= 4 is 29.4 Å². The van der Waals surface area contributed by atoms with Crippen molar-refractivity contribution in [1.82, 2.24) is 0 Å². The minimum absolute atomic E-state index is 0.309. The van der Waals surface area contributed by atoms with Crippen LogP contribution in [0.3, 0.4) is 0 Å². The molecule has 3 rings (SSSR count). The van der Waals surface area contributed by atoms with Crippen molar-refractivity contribution in [2.45, 2.75) is 57.8 Å². The Morgan fingerprint density at radius 1 is 0.868 bits per heavy atom. The predicted octanol–water partition coefficient (Wildman–Crippen LogP) is 5.79. The summed E-state index contributed by atoms with van der Waals surface area (Å²) in [7, 11) is 1.62. The summed E-state index contributed by atoms with van der Waals surface area (Å²) in [6.07, 6.45) is 12.6. The molecule has 2 aromatic rings. The number of rotatable bonds is 14. The number of carbonyl (C=O) groups excluding carboxylic acids is 2. The summed E-state index contributed by atoms with van der Waals surface area (Å²) in [6, 6.07) is 10.3. The molecule has 0 radical (unpaired) electrons. The molecule has 0 unspecified atom stereocenters. The highest BCUT2D eigenvalue weighted by Crippen LogP contribution is 2.31. The Hall–Kier alpha value is -3.68. The maximum Gasteiger partial charge on any atom is 0.338 e. The Kier molecular flexibility index (Phi) is 11.8. The number of anilines is 2. The molecule has 38 heavy (non-hydrogen) atoms. The third kappa shape index (κ3) is 10.00. The van der Waals surface area contributed by atoms with Gasteiger partial charge in [-0.15, -0.1) is 0 Å². The standard InChI is InChI=1S/C30H40N2O6/c1-35-28-17-22(11-13-27(28)38-21-23-9-5-4-6-10-23)12-14-29(33)36-15-7-2-3-8-16-37-30(34)24-18-25(31)20-26(32)19-24/h11-14,17-20,23H,2-10,15-16,21,31-32H2,1H3/b14-12+. The van der Waals surface area contributed by atoms with Gasteiger partial charge in [0.25, 0.3) is 0 Å². The van der Waals surface area contributed by atoms with Crippen molar-refractivity contribution in [2.75, 3.05) is 38.4 Å². The summed E-state index contributed by atoms with van der Waals surface area (Å²) in [5, 5.41) is 0. The Balaban J connectivity index is 1.28. The predicted molar refractivity (Wildman–Crippen MR) is 149 cm³/mol. The number of carbonyl (C=O) groups is 2. The van der Waals surface area contributed by atoms with Gasteiger partial charge in [0.15, 0.2) is 11.5 Å². The molecule has 0 heterocycles. The lowest BCUT2D eigenvalue weighted by Crippen LogP contribution is -2.15. The minimum atomic E-state index is -0.441. The van der Waals surface area contributed by atoms with E-state index >= 15 is 0 Å². The van der Waals surface area contributed by atoms with Crippen LogP contribution >= 0.6 is 0 Å². The highest BCUT2D eigenvalue weighted by atomic mass is 16.5. The molecule has 0 spiro atoms. The van der Waals surface area contributed by atoms with Crippen LogP contribution in [0.4, 0.5) is 11.4 Å². The summed E-state index contributed by atoms with van der Waals surface area (Å²) >= 11 is 0. The molecule has 8 heteroatoms. The Morgan fingerprint density at radius 3 is 2.24 bits per heavy atom. The van der Waals surface area contributed by atoms with E-state index in [1.54, 1.807) is 31.4 Å². The first kappa shape index (κ1) is 28.9. The van der Waals surface area contributed by atoms with Gasteiger partial charge in [-0.3, -0.25) is 0 Å². The molecule has 4 N–H and O–H groups in total. The van der Waals surface area contributed by atoms with Crippen molar-refractivity contribution < 1.29 is 28.5 Å². The second-order valence-electron chi connectivity index (χ2n) is 9.66. The number of benzene rings is 2. The molecule has 1 aliphatic carbocycles. The number of hydrogen-bond acceptors (Lipinski definition) is 8. The summed E-state index contributed by atoms with van der Waals surface area (Å²) in [6.45, 7) is 1.36. The van der Waals surface area contributed by atoms with Gasteiger partial charge in [-0.25, -0.2) is 9.59 Å². The van der Waals surface area contributed by atoms with E-state index in [0.717, 1.165) is 37.0 Å². The van der Waals surface area contributed by atoms with Crippen molar-refractivity contribution in [3.8, 4) is 11.5 Å². The normalized spacial score (nSPS) is 13.8. The van der Waals surface area contributed by atoms with Gasteiger partial charge in [-0.1, -0.05) is 25.3 Å². The monoisotopic (exact) mass is 524 g/mol. The highest BCUT2D eigenvalue weighted by molar-refractivity contribution is 5.91. The van der Waals surface area contributed by atoms with E-state index in [0.29, 0.717) is 48.4 Å². The van der Waals surface area contributed by atoms with Crippen LogP contribution in [0.5, 0.6) is 11.5 Å². The molecule has 1 fully saturated rings. The molecular formula is C30H40N2O6. The molecule has 8 nitrogen and oxygen atoms in total. The first-order valence-electron chi connectivity index (χ1n) is 13.4. The second kappa shape index (κ2) is 15.5. The summed E-state index contributed by atoms with van der Waals surface area (Å²) in [4.78, 5) is 24.1. The molecule has 206 valence electrons. The van der Waals surface area contributed by atoms with E-state index in [9.17, 15) is 9.59 Å². The smallest absolute Gasteiger partial charge is 0.338 e. The van der Waals surface area contributed by atoms with Gasteiger partial charge in [-0.05, 0) is 86.4 Å². The first-order chi connectivity index (χ1) is 18.4. The maximum absolute atomic E-state index is 12.1. The van der Waals surface area contributed by atoms with Crippen molar-refractivity contribution in [3.63, 3.8) is 0 Å². The van der Waals surface area contributed by atoms with Gasteiger partial charge in [0.2, 0.25) is 0 Å². The Bertz CT molecular complexity index is 1060. The van der Waals surface area contributed by atoms with Crippen LogP contribution in [0.1, 0.15) is 73.7 Å². The third-order valence-corrected chi connectivity index (χ3v) is 6.53. The fraction of sp³-hybridized carbons (Fsp3) is 0.467. The highest BCUT2D eigenvalue weighted by Gasteiger charge is 2.15. The topological polar surface area (TPSA) is 123 Å². The summed E-state index contributed by atoms with van der Waals surface area (Å²) < 4.78 is 22.0. The van der Waals surface area contributed by atoms with E-state index in [4.69, 9.17) is 30.4 Å². The van der Waals surface area contributed by atoms with Crippen LogP contribution in [-0.4, -0.2) is 38.9 Å². The molecular weight excluding hydrogens is 484 g/mol. The Morgan fingerprint density at radius 2 is 1.55 bits per heavy atom. The zero-order valence-corrected chi connectivity index (χ0v) is 22.3. The Labute approximate surface area is 225 Å². The molecule has 0 aliphatic heterocycles. The van der Waals surface area contributed by atoms with Crippen molar-refractivity contribution in [2.24, 2.45) is 5.92 Å². The third-order valence-electron chi connectivity index (χ3n) is 6.53. The second-order valence-corrected chi connectivity index (χ2v) is 9.66. The average molecular weight is 525 g/mol. The number of nitrogens with two attached hydrogens (primary N) is 2. The molecule has 1 aliphatic rings. The van der Waals surface area contributed by atoms with Gasteiger partial charge in [0, 0.05) is 17.5 Å². The van der Waals surface area contributed by atoms with E-state index in [1.165, 1.54) is 38.2 Å². The van der Waals surface area contributed by atoms with Gasteiger partial charge in [0.05, 0.1) is 32.5 Å². The lowest BCUT2D eigenvalue weighted by atomic mass is 9.90. The van der Waals surface area contributed by atoms with Crippen LogP contribution in [0, 0.1) is 5.92 Å². The van der Waals surface area contributed by atoms with Crippen LogP contribution in [-0.2, 0) is 14.3 Å². The van der Waals surface area contributed by atoms with Gasteiger partial charge in [-0.2, -0.15) is 0 Å². The van der Waals surface area contributed by atoms with Gasteiger partial charge < -0.3 is 30.4 Å². The minimum Gasteiger partial charge on any atom is -0.493 e. The summed E-state index contributed by atoms with van der Waals surface area (Å²) in [5.74, 6) is 1.16. The zero-order chi connectivity index (χ0) is 27.2.